The number of carbonyl (C=O) groups excluding carboxylic acids is 2. The van der Waals surface area contributed by atoms with Gasteiger partial charge in [-0.25, -0.2) is 0 Å². The Bertz CT molecular complexity index is 361. The van der Waals surface area contributed by atoms with Crippen molar-refractivity contribution < 1.29 is 9.59 Å². The van der Waals surface area contributed by atoms with Gasteiger partial charge in [-0.05, 0) is 25.5 Å². The van der Waals surface area contributed by atoms with Crippen molar-refractivity contribution in [3.05, 3.63) is 24.0 Å². The van der Waals surface area contributed by atoms with Crippen molar-refractivity contribution in [2.24, 2.45) is 0 Å². The summed E-state index contributed by atoms with van der Waals surface area (Å²) in [4.78, 5) is 25.7. The van der Waals surface area contributed by atoms with Crippen LogP contribution in [-0.2, 0) is 9.59 Å². The van der Waals surface area contributed by atoms with E-state index in [-0.39, 0.29) is 18.1 Å². The molecule has 0 atom stereocenters. The van der Waals surface area contributed by atoms with Crippen molar-refractivity contribution in [3.63, 3.8) is 0 Å². The lowest BCUT2D eigenvalue weighted by atomic mass is 10.2. The number of Topliss-reactive ketones (excluding diaryl/α,β-unsaturated/α-hetero) is 1. The maximum atomic E-state index is 11.2. The highest BCUT2D eigenvalue weighted by molar-refractivity contribution is 6.03. The second-order valence-corrected chi connectivity index (χ2v) is 3.18. The highest BCUT2D eigenvalue weighted by Crippen LogP contribution is 2.07. The van der Waals surface area contributed by atoms with E-state index in [0.29, 0.717) is 5.69 Å². The van der Waals surface area contributed by atoms with Gasteiger partial charge in [0.1, 0.15) is 5.78 Å². The normalized spacial score (nSPS) is 9.57. The third-order valence-corrected chi connectivity index (χ3v) is 1.57. The molecule has 0 saturated carbocycles. The number of pyridine rings is 1. The molecule has 74 valence electrons. The number of carbonyl (C=O) groups is 2. The van der Waals surface area contributed by atoms with Gasteiger partial charge in [0.05, 0.1) is 18.3 Å². The van der Waals surface area contributed by atoms with Crippen LogP contribution in [-0.4, -0.2) is 16.7 Å². The van der Waals surface area contributed by atoms with Gasteiger partial charge in [-0.1, -0.05) is 0 Å². The molecule has 4 heteroatoms. The number of ketones is 1. The van der Waals surface area contributed by atoms with Crippen molar-refractivity contribution in [3.8, 4) is 0 Å². The predicted molar refractivity (Wildman–Crippen MR) is 52.9 cm³/mol. The summed E-state index contributed by atoms with van der Waals surface area (Å²) in [6, 6.07) is 1.80. The summed E-state index contributed by atoms with van der Waals surface area (Å²) in [7, 11) is 0. The Labute approximate surface area is 82.3 Å². The van der Waals surface area contributed by atoms with Crippen molar-refractivity contribution in [2.75, 3.05) is 5.32 Å². The molecule has 1 heterocycles. The first kappa shape index (κ1) is 10.4. The van der Waals surface area contributed by atoms with Gasteiger partial charge in [-0.2, -0.15) is 0 Å². The van der Waals surface area contributed by atoms with E-state index >= 15 is 0 Å². The SMILES string of the molecule is CC(=O)CC(=O)Nc1cncc(C)c1. The summed E-state index contributed by atoms with van der Waals surface area (Å²) in [5, 5.41) is 2.59. The lowest BCUT2D eigenvalue weighted by Crippen LogP contribution is -2.14. The Hall–Kier alpha value is -1.71. The Morgan fingerprint density at radius 3 is 2.71 bits per heavy atom. The summed E-state index contributed by atoms with van der Waals surface area (Å²) in [6.07, 6.45) is 3.15. The molecule has 1 aromatic rings. The van der Waals surface area contributed by atoms with Gasteiger partial charge < -0.3 is 5.32 Å². The molecule has 1 rings (SSSR count). The lowest BCUT2D eigenvalue weighted by Gasteiger charge is -2.03. The minimum absolute atomic E-state index is 0.0893. The van der Waals surface area contributed by atoms with E-state index in [0.717, 1.165) is 5.56 Å². The molecule has 0 saturated heterocycles. The Morgan fingerprint density at radius 2 is 2.14 bits per heavy atom. The van der Waals surface area contributed by atoms with Crippen molar-refractivity contribution in [1.82, 2.24) is 4.98 Å². The van der Waals surface area contributed by atoms with E-state index in [1.807, 2.05) is 6.92 Å². The molecule has 0 radical (unpaired) electrons. The Balaban J connectivity index is 2.60. The largest absolute Gasteiger partial charge is 0.324 e. The van der Waals surface area contributed by atoms with Gasteiger partial charge in [0.2, 0.25) is 5.91 Å². The van der Waals surface area contributed by atoms with Gasteiger partial charge >= 0.3 is 0 Å². The van der Waals surface area contributed by atoms with Crippen LogP contribution in [0.5, 0.6) is 0 Å². The summed E-state index contributed by atoms with van der Waals surface area (Å²) in [6.45, 7) is 3.27. The van der Waals surface area contributed by atoms with Crippen LogP contribution < -0.4 is 5.32 Å². The molecular formula is C10H12N2O2. The highest BCUT2D eigenvalue weighted by atomic mass is 16.2. The minimum atomic E-state index is -0.301. The second-order valence-electron chi connectivity index (χ2n) is 3.18. The molecule has 0 fully saturated rings. The smallest absolute Gasteiger partial charge is 0.231 e. The number of rotatable bonds is 3. The molecule has 4 nitrogen and oxygen atoms in total. The predicted octanol–water partition coefficient (Wildman–Crippen LogP) is 1.31. The average molecular weight is 192 g/mol. The van der Waals surface area contributed by atoms with E-state index in [1.165, 1.54) is 6.92 Å². The van der Waals surface area contributed by atoms with Crippen molar-refractivity contribution in [1.29, 1.82) is 0 Å². The molecule has 0 aliphatic carbocycles. The number of aryl methyl sites for hydroxylation is 1. The van der Waals surface area contributed by atoms with Gasteiger partial charge in [0, 0.05) is 6.20 Å². The van der Waals surface area contributed by atoms with Gasteiger partial charge in [0.15, 0.2) is 0 Å². The highest BCUT2D eigenvalue weighted by Gasteiger charge is 2.05. The number of nitrogens with zero attached hydrogens (tertiary/aromatic N) is 1. The zero-order valence-corrected chi connectivity index (χ0v) is 8.20. The van der Waals surface area contributed by atoms with E-state index in [1.54, 1.807) is 18.5 Å². The van der Waals surface area contributed by atoms with Gasteiger partial charge in [-0.15, -0.1) is 0 Å². The van der Waals surface area contributed by atoms with E-state index in [9.17, 15) is 9.59 Å². The summed E-state index contributed by atoms with van der Waals surface area (Å²) < 4.78 is 0. The van der Waals surface area contributed by atoms with Crippen LogP contribution in [0, 0.1) is 6.92 Å². The quantitative estimate of drug-likeness (QED) is 0.734. The fourth-order valence-corrected chi connectivity index (χ4v) is 1.05. The van der Waals surface area contributed by atoms with E-state index < -0.39 is 0 Å². The summed E-state index contributed by atoms with van der Waals surface area (Å²) in [5.41, 5.74) is 1.59. The number of hydrogen-bond acceptors (Lipinski definition) is 3. The van der Waals surface area contributed by atoms with Gasteiger partial charge in [-0.3, -0.25) is 14.6 Å². The number of nitrogens with one attached hydrogen (secondary N) is 1. The molecule has 14 heavy (non-hydrogen) atoms. The second kappa shape index (κ2) is 4.50. The maximum Gasteiger partial charge on any atom is 0.231 e. The van der Waals surface area contributed by atoms with Crippen LogP contribution in [0.2, 0.25) is 0 Å². The van der Waals surface area contributed by atoms with Crippen LogP contribution in [0.25, 0.3) is 0 Å². The van der Waals surface area contributed by atoms with Gasteiger partial charge in [0.25, 0.3) is 0 Å². The molecule has 0 aliphatic heterocycles. The molecule has 0 aliphatic rings. The van der Waals surface area contributed by atoms with E-state index in [2.05, 4.69) is 10.3 Å². The van der Waals surface area contributed by atoms with E-state index in [4.69, 9.17) is 0 Å². The molecule has 1 aromatic heterocycles. The number of amides is 1. The summed E-state index contributed by atoms with van der Waals surface area (Å²) in [5.74, 6) is -0.451. The molecule has 0 bridgehead atoms. The average Bonchev–Trinajstić information content (AvgIpc) is 2.01. The third-order valence-electron chi connectivity index (χ3n) is 1.57. The monoisotopic (exact) mass is 192 g/mol. The minimum Gasteiger partial charge on any atom is -0.324 e. The zero-order valence-electron chi connectivity index (χ0n) is 8.20. The number of anilines is 1. The first-order valence-electron chi connectivity index (χ1n) is 4.29. The number of aromatic nitrogens is 1. The van der Waals surface area contributed by atoms with Crippen LogP contribution >= 0.6 is 0 Å². The first-order valence-corrected chi connectivity index (χ1v) is 4.29. The molecule has 0 unspecified atom stereocenters. The Morgan fingerprint density at radius 1 is 1.43 bits per heavy atom. The van der Waals surface area contributed by atoms with Crippen molar-refractivity contribution >= 4 is 17.4 Å². The van der Waals surface area contributed by atoms with Crippen LogP contribution in [0.15, 0.2) is 18.5 Å². The van der Waals surface area contributed by atoms with Crippen LogP contribution in [0.4, 0.5) is 5.69 Å². The molecule has 0 aromatic carbocycles. The van der Waals surface area contributed by atoms with Crippen LogP contribution in [0.1, 0.15) is 18.9 Å². The fraction of sp³-hybridized carbons (Fsp3) is 0.300. The zero-order chi connectivity index (χ0) is 10.6. The topological polar surface area (TPSA) is 59.1 Å². The molecule has 1 amide bonds. The van der Waals surface area contributed by atoms with Crippen molar-refractivity contribution in [2.45, 2.75) is 20.3 Å². The number of hydrogen-bond donors (Lipinski definition) is 1. The Kier molecular flexibility index (Phi) is 3.34. The molecule has 0 spiro atoms. The first-order chi connectivity index (χ1) is 6.58. The summed E-state index contributed by atoms with van der Waals surface area (Å²) >= 11 is 0. The maximum absolute atomic E-state index is 11.2. The lowest BCUT2D eigenvalue weighted by molar-refractivity contribution is -0.124. The third kappa shape index (κ3) is 3.35. The standard InChI is InChI=1S/C10H12N2O2/c1-7-3-9(6-11-5-7)12-10(14)4-8(2)13/h3,5-6H,4H2,1-2H3,(H,12,14). The molecular weight excluding hydrogens is 180 g/mol. The fourth-order valence-electron chi connectivity index (χ4n) is 1.05. The van der Waals surface area contributed by atoms with Crippen LogP contribution in [0.3, 0.4) is 0 Å². The molecule has 1 N–H and O–H groups in total.